The van der Waals surface area contributed by atoms with Crippen molar-refractivity contribution in [3.8, 4) is 0 Å². The van der Waals surface area contributed by atoms with Gasteiger partial charge in [-0.2, -0.15) is 0 Å². The number of esters is 1. The van der Waals surface area contributed by atoms with E-state index in [4.69, 9.17) is 16.3 Å². The van der Waals surface area contributed by atoms with Gasteiger partial charge in [0.2, 0.25) is 11.8 Å². The van der Waals surface area contributed by atoms with Crippen LogP contribution in [0.1, 0.15) is 48.4 Å². The molecular formula is C26H27ClN2O4. The molecule has 0 saturated carbocycles. The Bertz CT molecular complexity index is 1050. The molecule has 0 radical (unpaired) electrons. The van der Waals surface area contributed by atoms with Gasteiger partial charge >= 0.3 is 5.97 Å². The maximum atomic E-state index is 13.1. The molecule has 0 bridgehead atoms. The van der Waals surface area contributed by atoms with Crippen molar-refractivity contribution >= 4 is 29.4 Å². The summed E-state index contributed by atoms with van der Waals surface area (Å²) >= 11 is 5.90. The maximum absolute atomic E-state index is 13.1. The van der Waals surface area contributed by atoms with Crippen LogP contribution in [-0.4, -0.2) is 23.9 Å². The Balaban J connectivity index is 1.44. The van der Waals surface area contributed by atoms with Gasteiger partial charge in [0.1, 0.15) is 6.10 Å². The molecule has 1 heterocycles. The Labute approximate surface area is 198 Å². The van der Waals surface area contributed by atoms with E-state index in [1.54, 1.807) is 12.1 Å². The molecule has 2 aromatic rings. The largest absolute Gasteiger partial charge is 0.459 e. The van der Waals surface area contributed by atoms with Crippen molar-refractivity contribution in [2.75, 3.05) is 0 Å². The highest BCUT2D eigenvalue weighted by atomic mass is 35.5. The molecule has 33 heavy (non-hydrogen) atoms. The minimum Gasteiger partial charge on any atom is -0.459 e. The summed E-state index contributed by atoms with van der Waals surface area (Å²) in [5.74, 6) is -1.29. The molecule has 4 rings (SSSR count). The third kappa shape index (κ3) is 6.02. The van der Waals surface area contributed by atoms with Crippen molar-refractivity contribution in [1.82, 2.24) is 10.6 Å². The second kappa shape index (κ2) is 10.7. The summed E-state index contributed by atoms with van der Waals surface area (Å²) in [6, 6.07) is 14.7. The Kier molecular flexibility index (Phi) is 7.45. The summed E-state index contributed by atoms with van der Waals surface area (Å²) in [7, 11) is 0. The number of halogens is 1. The van der Waals surface area contributed by atoms with Gasteiger partial charge in [-0.25, -0.2) is 0 Å². The molecule has 2 aromatic carbocycles. The van der Waals surface area contributed by atoms with Crippen molar-refractivity contribution in [1.29, 1.82) is 0 Å². The summed E-state index contributed by atoms with van der Waals surface area (Å²) in [5, 5.41) is 6.54. The zero-order chi connectivity index (χ0) is 23.2. The molecule has 0 saturated heterocycles. The molecule has 0 aromatic heterocycles. The quantitative estimate of drug-likeness (QED) is 0.526. The summed E-state index contributed by atoms with van der Waals surface area (Å²) in [4.78, 5) is 38.1. The van der Waals surface area contributed by atoms with Gasteiger partial charge < -0.3 is 15.4 Å². The Hall–Kier alpha value is -3.12. The van der Waals surface area contributed by atoms with Crippen molar-refractivity contribution < 1.29 is 19.1 Å². The van der Waals surface area contributed by atoms with Crippen LogP contribution in [0, 0.1) is 5.92 Å². The van der Waals surface area contributed by atoms with Crippen LogP contribution in [0.2, 0.25) is 5.02 Å². The Morgan fingerprint density at radius 1 is 1.09 bits per heavy atom. The number of hydrogen-bond donors (Lipinski definition) is 2. The molecule has 0 fully saturated rings. The first-order chi connectivity index (χ1) is 16.0. The maximum Gasteiger partial charge on any atom is 0.310 e. The fraction of sp³-hybridized carbons (Fsp3) is 0.346. The number of amides is 2. The lowest BCUT2D eigenvalue weighted by atomic mass is 9.99. The van der Waals surface area contributed by atoms with E-state index in [2.05, 4.69) is 10.6 Å². The lowest BCUT2D eigenvalue weighted by molar-refractivity contribution is -0.157. The highest BCUT2D eigenvalue weighted by Gasteiger charge is 2.37. The molecule has 1 unspecified atom stereocenters. The van der Waals surface area contributed by atoms with Crippen LogP contribution in [0.4, 0.5) is 0 Å². The minimum absolute atomic E-state index is 0.0352. The van der Waals surface area contributed by atoms with Crippen LogP contribution in [0.25, 0.3) is 0 Å². The van der Waals surface area contributed by atoms with E-state index in [1.807, 2.05) is 48.6 Å². The molecule has 172 valence electrons. The first kappa shape index (κ1) is 23.1. The van der Waals surface area contributed by atoms with Crippen LogP contribution in [0.3, 0.4) is 0 Å². The molecule has 1 aliphatic carbocycles. The third-order valence-corrected chi connectivity index (χ3v) is 6.31. The molecule has 3 atom stereocenters. The first-order valence-electron chi connectivity index (χ1n) is 11.2. The highest BCUT2D eigenvalue weighted by Crippen LogP contribution is 2.34. The molecule has 2 N–H and O–H groups in total. The van der Waals surface area contributed by atoms with Gasteiger partial charge in [0, 0.05) is 30.8 Å². The first-order valence-corrected chi connectivity index (χ1v) is 11.6. The van der Waals surface area contributed by atoms with Gasteiger partial charge in [-0.05, 0) is 41.7 Å². The van der Waals surface area contributed by atoms with Crippen LogP contribution in [0.15, 0.2) is 60.7 Å². The number of rotatable bonds is 4. The van der Waals surface area contributed by atoms with Gasteiger partial charge in [-0.3, -0.25) is 14.4 Å². The van der Waals surface area contributed by atoms with E-state index < -0.39 is 18.0 Å². The second-order valence-corrected chi connectivity index (χ2v) is 8.91. The average Bonchev–Trinajstić information content (AvgIpc) is 3.13. The van der Waals surface area contributed by atoms with Crippen LogP contribution in [0.5, 0.6) is 0 Å². The van der Waals surface area contributed by atoms with E-state index in [0.29, 0.717) is 37.3 Å². The number of carbonyl (C=O) groups is 3. The fourth-order valence-electron chi connectivity index (χ4n) is 4.28. The molecular weight excluding hydrogens is 440 g/mol. The molecule has 2 amide bonds. The monoisotopic (exact) mass is 466 g/mol. The zero-order valence-corrected chi connectivity index (χ0v) is 19.0. The molecule has 2 aliphatic rings. The van der Waals surface area contributed by atoms with Crippen LogP contribution >= 0.6 is 11.6 Å². The van der Waals surface area contributed by atoms with Gasteiger partial charge in [0.05, 0.1) is 12.0 Å². The van der Waals surface area contributed by atoms with Gasteiger partial charge in [0.25, 0.3) is 0 Å². The number of allylic oxidation sites excluding steroid dienone is 2. The summed E-state index contributed by atoms with van der Waals surface area (Å²) in [6.07, 6.45) is 5.16. The third-order valence-electron chi connectivity index (χ3n) is 6.06. The van der Waals surface area contributed by atoms with Crippen molar-refractivity contribution in [3.05, 3.63) is 82.4 Å². The van der Waals surface area contributed by atoms with E-state index in [-0.39, 0.29) is 24.3 Å². The average molecular weight is 467 g/mol. The van der Waals surface area contributed by atoms with Gasteiger partial charge in [-0.1, -0.05) is 60.2 Å². The molecule has 7 heteroatoms. The topological polar surface area (TPSA) is 84.5 Å². The van der Waals surface area contributed by atoms with E-state index >= 15 is 0 Å². The minimum atomic E-state index is -0.592. The smallest absolute Gasteiger partial charge is 0.310 e. The molecule has 1 aliphatic heterocycles. The SMILES string of the molecule is O=C(C[C@@H]1C/C=C/CCC(=O)N[C@@H]2c3ccccc3CC2OC1=O)NCc1ccc(Cl)cc1. The Morgan fingerprint density at radius 3 is 2.70 bits per heavy atom. The summed E-state index contributed by atoms with van der Waals surface area (Å²) in [6.45, 7) is 0.361. The van der Waals surface area contributed by atoms with Crippen molar-refractivity contribution in [2.24, 2.45) is 5.92 Å². The van der Waals surface area contributed by atoms with Crippen molar-refractivity contribution in [3.63, 3.8) is 0 Å². The van der Waals surface area contributed by atoms with Crippen LogP contribution < -0.4 is 10.6 Å². The number of nitrogens with one attached hydrogen (secondary N) is 2. The fourth-order valence-corrected chi connectivity index (χ4v) is 4.41. The number of fused-ring (bicyclic) bond motifs is 3. The number of carbonyl (C=O) groups excluding carboxylic acids is 3. The molecule has 0 spiro atoms. The number of ether oxygens (including phenoxy) is 1. The zero-order valence-electron chi connectivity index (χ0n) is 18.3. The van der Waals surface area contributed by atoms with E-state index in [1.165, 1.54) is 0 Å². The van der Waals surface area contributed by atoms with Gasteiger partial charge in [0.15, 0.2) is 0 Å². The predicted octanol–water partition coefficient (Wildman–Crippen LogP) is 4.03. The summed E-state index contributed by atoms with van der Waals surface area (Å²) < 4.78 is 5.89. The Morgan fingerprint density at radius 2 is 1.88 bits per heavy atom. The van der Waals surface area contributed by atoms with Gasteiger partial charge in [-0.15, -0.1) is 0 Å². The van der Waals surface area contributed by atoms with E-state index in [0.717, 1.165) is 16.7 Å². The highest BCUT2D eigenvalue weighted by molar-refractivity contribution is 6.30. The summed E-state index contributed by atoms with van der Waals surface area (Å²) in [5.41, 5.74) is 2.97. The molecule has 6 nitrogen and oxygen atoms in total. The lowest BCUT2D eigenvalue weighted by Crippen LogP contribution is -2.38. The number of benzene rings is 2. The van der Waals surface area contributed by atoms with Crippen molar-refractivity contribution in [2.45, 2.75) is 50.8 Å². The lowest BCUT2D eigenvalue weighted by Gasteiger charge is -2.25. The predicted molar refractivity (Wildman–Crippen MR) is 125 cm³/mol. The second-order valence-electron chi connectivity index (χ2n) is 8.47. The van der Waals surface area contributed by atoms with Crippen LogP contribution in [-0.2, 0) is 32.1 Å². The standard InChI is InChI=1S/C26H27ClN2O4/c27-20-12-10-17(11-13-20)16-28-24(31)15-19-7-2-1-3-9-23(30)29-25-21-8-5-4-6-18(21)14-22(25)33-26(19)32/h1-2,4-6,8,10-13,19,22,25H,3,7,9,14-16H2,(H,28,31)(H,29,30)/b2-1+/t19-,22?,25+/m0/s1. The normalized spacial score (nSPS) is 23.7. The van der Waals surface area contributed by atoms with E-state index in [9.17, 15) is 14.4 Å². The number of hydrogen-bond acceptors (Lipinski definition) is 4.